The van der Waals surface area contributed by atoms with Gasteiger partial charge in [0.15, 0.2) is 0 Å². The van der Waals surface area contributed by atoms with Gasteiger partial charge in [-0.05, 0) is 169 Å². The average Bonchev–Trinajstić information content (AvgIpc) is 0.758. The fourth-order valence-corrected chi connectivity index (χ4v) is 15.1. The second kappa shape index (κ2) is 22.8. The number of fused-ring (bicyclic) bond motifs is 8. The first-order valence-electron chi connectivity index (χ1n) is 32.5. The Bertz CT molecular complexity index is 5280. The molecule has 0 fully saturated rings. The Labute approximate surface area is 546 Å². The standard InChI is InChI=1S/C92H60N2/c1-5-29-69-63(21-1)25-17-41-73(69)81-53-57-89(85-37-13-9-33-77(81)85)93(90-58-54-82(78-34-10-14-38-86(78)90)74-42-18-26-64-22-2-6-30-70(64)74)67-49-45-61(46-50-67)62-47-51-68(52-48-62)94(91-59-55-83(79-35-11-15-39-87(79)91)75-43-19-27-65-23-3-7-31-71(65)75)92-60-56-84(80-36-12-16-40-88(80)92)76-44-20-28-66-24-4-8-32-72(66)76/h1-60H. The number of hydrogen-bond donors (Lipinski definition) is 0. The molecular formula is C92H60N2. The lowest BCUT2D eigenvalue weighted by molar-refractivity contribution is 1.31. The number of anilines is 6. The quantitative estimate of drug-likeness (QED) is 0.127. The molecule has 0 spiro atoms. The van der Waals surface area contributed by atoms with Crippen molar-refractivity contribution in [3.63, 3.8) is 0 Å². The molecule has 0 unspecified atom stereocenters. The molecule has 18 rings (SSSR count). The Morgan fingerprint density at radius 3 is 0.564 bits per heavy atom. The molecule has 0 aliphatic carbocycles. The molecule has 2 nitrogen and oxygen atoms in total. The van der Waals surface area contributed by atoms with Crippen molar-refractivity contribution in [1.29, 1.82) is 0 Å². The Hall–Kier alpha value is -12.4. The third-order valence-corrected chi connectivity index (χ3v) is 19.5. The van der Waals surface area contributed by atoms with Crippen molar-refractivity contribution in [2.75, 3.05) is 9.80 Å². The second-order valence-electron chi connectivity index (χ2n) is 24.6. The maximum atomic E-state index is 2.49. The zero-order valence-corrected chi connectivity index (χ0v) is 51.5. The fraction of sp³-hybridized carbons (Fsp3) is 0. The van der Waals surface area contributed by atoms with Gasteiger partial charge in [-0.2, -0.15) is 0 Å². The van der Waals surface area contributed by atoms with Gasteiger partial charge in [-0.3, -0.25) is 0 Å². The number of benzene rings is 18. The Balaban J connectivity index is 0.785. The van der Waals surface area contributed by atoms with Crippen molar-refractivity contribution in [1.82, 2.24) is 0 Å². The summed E-state index contributed by atoms with van der Waals surface area (Å²) < 4.78 is 0. The van der Waals surface area contributed by atoms with Crippen LogP contribution in [0.3, 0.4) is 0 Å². The van der Waals surface area contributed by atoms with Crippen molar-refractivity contribution in [3.05, 3.63) is 364 Å². The lowest BCUT2D eigenvalue weighted by Gasteiger charge is -2.30. The van der Waals surface area contributed by atoms with E-state index < -0.39 is 0 Å². The minimum atomic E-state index is 1.07. The van der Waals surface area contributed by atoms with Gasteiger partial charge in [0.1, 0.15) is 0 Å². The first kappa shape index (κ1) is 54.6. The molecule has 2 heteroatoms. The second-order valence-corrected chi connectivity index (χ2v) is 24.6. The first-order chi connectivity index (χ1) is 46.7. The molecule has 0 radical (unpaired) electrons. The van der Waals surface area contributed by atoms with E-state index >= 15 is 0 Å². The lowest BCUT2D eigenvalue weighted by Crippen LogP contribution is -2.11. The average molecular weight is 1190 g/mol. The van der Waals surface area contributed by atoms with Crippen molar-refractivity contribution in [2.45, 2.75) is 0 Å². The minimum absolute atomic E-state index is 1.07. The van der Waals surface area contributed by atoms with E-state index in [4.69, 9.17) is 0 Å². The summed E-state index contributed by atoms with van der Waals surface area (Å²) in [4.78, 5) is 4.97. The molecule has 0 amide bonds. The van der Waals surface area contributed by atoms with Crippen molar-refractivity contribution in [3.8, 4) is 55.6 Å². The van der Waals surface area contributed by atoms with E-state index in [1.54, 1.807) is 0 Å². The molecule has 0 saturated heterocycles. The summed E-state index contributed by atoms with van der Waals surface area (Å²) in [5.74, 6) is 0. The summed E-state index contributed by atoms with van der Waals surface area (Å²) >= 11 is 0. The van der Waals surface area contributed by atoms with Gasteiger partial charge in [-0.1, -0.05) is 315 Å². The van der Waals surface area contributed by atoms with Crippen LogP contribution < -0.4 is 9.80 Å². The number of rotatable bonds is 11. The van der Waals surface area contributed by atoms with Crippen LogP contribution in [0.2, 0.25) is 0 Å². The molecule has 438 valence electrons. The SMILES string of the molecule is c1ccc2c(-c3ccc(N(c4ccc(-c5ccc(N(c6ccc(-c7cccc8ccccc78)c7ccccc67)c6ccc(-c7cccc8ccccc78)c7ccccc67)cc5)cc4)c4ccc(-c5cccc6ccccc56)c5ccccc45)c4ccccc34)cccc2c1. The van der Waals surface area contributed by atoms with E-state index in [1.807, 2.05) is 0 Å². The van der Waals surface area contributed by atoms with Crippen LogP contribution in [0.25, 0.3) is 142 Å². The molecule has 0 atom stereocenters. The predicted molar refractivity (Wildman–Crippen MR) is 403 cm³/mol. The molecular weight excluding hydrogens is 1130 g/mol. The molecule has 0 aliphatic heterocycles. The van der Waals surface area contributed by atoms with Gasteiger partial charge in [0.25, 0.3) is 0 Å². The minimum Gasteiger partial charge on any atom is -0.309 e. The topological polar surface area (TPSA) is 6.48 Å². The van der Waals surface area contributed by atoms with E-state index in [1.165, 1.54) is 131 Å². The smallest absolute Gasteiger partial charge is 0.0540 e. The van der Waals surface area contributed by atoms with Crippen molar-refractivity contribution in [2.24, 2.45) is 0 Å². The van der Waals surface area contributed by atoms with Crippen LogP contribution in [-0.2, 0) is 0 Å². The fourth-order valence-electron chi connectivity index (χ4n) is 15.1. The van der Waals surface area contributed by atoms with Crippen LogP contribution in [-0.4, -0.2) is 0 Å². The zero-order chi connectivity index (χ0) is 62.1. The van der Waals surface area contributed by atoms with E-state index in [0.29, 0.717) is 0 Å². The third kappa shape index (κ3) is 9.18. The van der Waals surface area contributed by atoms with Crippen LogP contribution in [0.1, 0.15) is 0 Å². The zero-order valence-electron chi connectivity index (χ0n) is 51.5. The summed E-state index contributed by atoms with van der Waals surface area (Å²) in [6, 6.07) is 134. The highest BCUT2D eigenvalue weighted by Gasteiger charge is 2.25. The Morgan fingerprint density at radius 2 is 0.319 bits per heavy atom. The highest BCUT2D eigenvalue weighted by molar-refractivity contribution is 6.17. The van der Waals surface area contributed by atoms with Crippen molar-refractivity contribution < 1.29 is 0 Å². The van der Waals surface area contributed by atoms with Gasteiger partial charge in [-0.25, -0.2) is 0 Å². The Kier molecular flexibility index (Phi) is 13.3. The van der Waals surface area contributed by atoms with Crippen LogP contribution in [0.5, 0.6) is 0 Å². The van der Waals surface area contributed by atoms with Crippen LogP contribution in [0, 0.1) is 0 Å². The van der Waals surface area contributed by atoms with Gasteiger partial charge < -0.3 is 9.80 Å². The van der Waals surface area contributed by atoms with Gasteiger partial charge >= 0.3 is 0 Å². The molecule has 0 N–H and O–H groups in total. The van der Waals surface area contributed by atoms with Crippen LogP contribution >= 0.6 is 0 Å². The molecule has 0 heterocycles. The highest BCUT2D eigenvalue weighted by atomic mass is 15.2. The molecule has 0 aromatic heterocycles. The Morgan fingerprint density at radius 1 is 0.128 bits per heavy atom. The summed E-state index contributed by atoms with van der Waals surface area (Å²) in [6.45, 7) is 0. The maximum absolute atomic E-state index is 2.49. The van der Waals surface area contributed by atoms with Crippen molar-refractivity contribution >= 4 is 120 Å². The number of nitrogens with zero attached hydrogens (tertiary/aromatic N) is 2. The third-order valence-electron chi connectivity index (χ3n) is 19.5. The van der Waals surface area contributed by atoms with E-state index in [2.05, 4.69) is 374 Å². The normalized spacial score (nSPS) is 11.6. The van der Waals surface area contributed by atoms with Crippen LogP contribution in [0.15, 0.2) is 364 Å². The van der Waals surface area contributed by atoms with Gasteiger partial charge in [0.05, 0.1) is 22.7 Å². The summed E-state index contributed by atoms with van der Waals surface area (Å²) in [5.41, 5.74) is 18.6. The predicted octanol–water partition coefficient (Wildman–Crippen LogP) is 26.2. The molecule has 0 aliphatic rings. The molecule has 18 aromatic rings. The number of hydrogen-bond acceptors (Lipinski definition) is 2. The summed E-state index contributed by atoms with van der Waals surface area (Å²) in [6.07, 6.45) is 0. The van der Waals surface area contributed by atoms with E-state index in [0.717, 1.165) is 45.3 Å². The summed E-state index contributed by atoms with van der Waals surface area (Å²) in [5, 5.41) is 19.4. The maximum Gasteiger partial charge on any atom is 0.0540 e. The van der Waals surface area contributed by atoms with Crippen LogP contribution in [0.4, 0.5) is 34.1 Å². The molecule has 0 saturated carbocycles. The van der Waals surface area contributed by atoms with E-state index in [9.17, 15) is 0 Å². The largest absolute Gasteiger partial charge is 0.309 e. The van der Waals surface area contributed by atoms with Gasteiger partial charge in [-0.15, -0.1) is 0 Å². The molecule has 94 heavy (non-hydrogen) atoms. The first-order valence-corrected chi connectivity index (χ1v) is 32.5. The molecule has 0 bridgehead atoms. The monoisotopic (exact) mass is 1190 g/mol. The van der Waals surface area contributed by atoms with Gasteiger partial charge in [0.2, 0.25) is 0 Å². The van der Waals surface area contributed by atoms with E-state index in [-0.39, 0.29) is 0 Å². The molecule has 18 aromatic carbocycles. The summed E-state index contributed by atoms with van der Waals surface area (Å²) in [7, 11) is 0. The highest BCUT2D eigenvalue weighted by Crippen LogP contribution is 2.50. The lowest BCUT2D eigenvalue weighted by atomic mass is 9.91. The van der Waals surface area contributed by atoms with Gasteiger partial charge in [0, 0.05) is 32.9 Å².